The minimum Gasteiger partial charge on any atom is -0.443 e. The van der Waals surface area contributed by atoms with E-state index in [1.54, 1.807) is 26.8 Å². The zero-order valence-corrected chi connectivity index (χ0v) is 15.3. The van der Waals surface area contributed by atoms with Gasteiger partial charge in [-0.1, -0.05) is 12.1 Å². The predicted molar refractivity (Wildman–Crippen MR) is 97.4 cm³/mol. The lowest BCUT2D eigenvalue weighted by Gasteiger charge is -2.25. The van der Waals surface area contributed by atoms with Gasteiger partial charge in [0.2, 0.25) is 0 Å². The summed E-state index contributed by atoms with van der Waals surface area (Å²) in [4.78, 5) is 35.9. The van der Waals surface area contributed by atoms with Crippen LogP contribution in [0.4, 0.5) is 16.2 Å². The van der Waals surface area contributed by atoms with Gasteiger partial charge in [-0.25, -0.2) is 4.79 Å². The van der Waals surface area contributed by atoms with Crippen molar-refractivity contribution in [2.75, 3.05) is 18.4 Å². The Morgan fingerprint density at radius 3 is 2.56 bits per heavy atom. The van der Waals surface area contributed by atoms with E-state index in [0.29, 0.717) is 0 Å². The van der Waals surface area contributed by atoms with Crippen LogP contribution in [-0.2, 0) is 9.53 Å². The molecule has 0 saturated carbocycles. The third kappa shape index (κ3) is 6.75. The number of amides is 2. The van der Waals surface area contributed by atoms with Crippen LogP contribution in [0.3, 0.4) is 0 Å². The van der Waals surface area contributed by atoms with Crippen molar-refractivity contribution in [2.45, 2.75) is 26.4 Å². The first kappa shape index (κ1) is 21.6. The number of carbonyl (C=O) groups excluding carboxylic acids is 2. The number of nitrogens with zero attached hydrogens (tertiary/aromatic N) is 3. The van der Waals surface area contributed by atoms with E-state index in [0.717, 1.165) is 11.1 Å². The Hall–Kier alpha value is -3.45. The molecule has 10 nitrogen and oxygen atoms in total. The van der Waals surface area contributed by atoms with Crippen LogP contribution in [0.5, 0.6) is 0 Å². The molecule has 27 heavy (non-hydrogen) atoms. The average molecular weight is 375 g/mol. The summed E-state index contributed by atoms with van der Waals surface area (Å²) in [5, 5.41) is 22.6. The lowest BCUT2D eigenvalue weighted by atomic mass is 10.2. The molecule has 0 aromatic heterocycles. The molecule has 0 bridgehead atoms. The van der Waals surface area contributed by atoms with Crippen LogP contribution in [0.2, 0.25) is 0 Å². The summed E-state index contributed by atoms with van der Waals surface area (Å²) in [6, 6.07) is 7.16. The molecule has 1 aromatic rings. The zero-order chi connectivity index (χ0) is 20.6. The largest absolute Gasteiger partial charge is 0.443 e. The summed E-state index contributed by atoms with van der Waals surface area (Å²) in [6.45, 7) is 5.09. The molecule has 0 heterocycles. The molecule has 0 spiro atoms. The summed E-state index contributed by atoms with van der Waals surface area (Å²) >= 11 is 0. The van der Waals surface area contributed by atoms with Gasteiger partial charge in [0.05, 0.1) is 4.92 Å². The summed E-state index contributed by atoms with van der Waals surface area (Å²) in [6.07, 6.45) is 0.226. The van der Waals surface area contributed by atoms with E-state index in [1.165, 1.54) is 24.3 Å². The fraction of sp³-hybridized carbons (Fsp3) is 0.353. The number of rotatable bonds is 6. The second kappa shape index (κ2) is 9.30. The van der Waals surface area contributed by atoms with Crippen molar-refractivity contribution in [1.82, 2.24) is 4.90 Å². The first-order chi connectivity index (χ1) is 12.6. The molecule has 0 atom stereocenters. The molecular weight excluding hydrogens is 354 g/mol. The van der Waals surface area contributed by atoms with Gasteiger partial charge < -0.3 is 15.8 Å². The van der Waals surface area contributed by atoms with Gasteiger partial charge in [-0.2, -0.15) is 5.26 Å². The Morgan fingerprint density at radius 2 is 2.04 bits per heavy atom. The van der Waals surface area contributed by atoms with Gasteiger partial charge in [-0.05, 0) is 26.8 Å². The predicted octanol–water partition coefficient (Wildman–Crippen LogP) is 2.14. The number of nitro benzene ring substituents is 1. The number of nitriles is 1. The second-order valence-electron chi connectivity index (χ2n) is 6.35. The van der Waals surface area contributed by atoms with E-state index >= 15 is 0 Å². The fourth-order valence-corrected chi connectivity index (χ4v) is 1.89. The quantitative estimate of drug-likeness (QED) is 0.334. The molecule has 1 aromatic carbocycles. The Labute approximate surface area is 156 Å². The van der Waals surface area contributed by atoms with E-state index < -0.39 is 28.1 Å². The molecule has 0 radical (unpaired) electrons. The number of nitrogens with one attached hydrogen (secondary N) is 1. The van der Waals surface area contributed by atoms with Crippen LogP contribution in [0, 0.1) is 21.4 Å². The van der Waals surface area contributed by atoms with Crippen molar-refractivity contribution in [3.05, 3.63) is 46.2 Å². The first-order valence-electron chi connectivity index (χ1n) is 7.95. The SMILES string of the molecule is CC(C)(C)OC(=O)N(/C=C(/C#N)C(=O)Nc1ccccc1[N+](=O)[O-])CCN. The number of benzene rings is 1. The molecule has 1 rings (SSSR count). The Morgan fingerprint density at radius 1 is 1.41 bits per heavy atom. The van der Waals surface area contributed by atoms with Gasteiger partial charge in [-0.3, -0.25) is 19.8 Å². The number of hydrogen-bond acceptors (Lipinski definition) is 7. The highest BCUT2D eigenvalue weighted by Crippen LogP contribution is 2.23. The fourth-order valence-electron chi connectivity index (χ4n) is 1.89. The number of nitro groups is 1. The lowest BCUT2D eigenvalue weighted by Crippen LogP contribution is -2.37. The van der Waals surface area contributed by atoms with E-state index in [1.807, 2.05) is 0 Å². The molecule has 144 valence electrons. The lowest BCUT2D eigenvalue weighted by molar-refractivity contribution is -0.383. The number of para-hydroxylation sites is 2. The maximum absolute atomic E-state index is 12.3. The molecule has 0 aliphatic rings. The van der Waals surface area contributed by atoms with Crippen molar-refractivity contribution in [3.8, 4) is 6.07 Å². The molecule has 0 saturated heterocycles. The number of ether oxygens (including phenoxy) is 1. The van der Waals surface area contributed by atoms with E-state index in [-0.39, 0.29) is 24.5 Å². The van der Waals surface area contributed by atoms with Gasteiger partial charge in [0, 0.05) is 25.4 Å². The van der Waals surface area contributed by atoms with Gasteiger partial charge >= 0.3 is 6.09 Å². The van der Waals surface area contributed by atoms with E-state index in [4.69, 9.17) is 10.5 Å². The van der Waals surface area contributed by atoms with Gasteiger partial charge in [0.25, 0.3) is 11.6 Å². The normalized spacial score (nSPS) is 11.3. The summed E-state index contributed by atoms with van der Waals surface area (Å²) in [7, 11) is 0. The summed E-state index contributed by atoms with van der Waals surface area (Å²) in [5.74, 6) is -0.905. The Balaban J connectivity index is 3.09. The van der Waals surface area contributed by atoms with Gasteiger partial charge in [-0.15, -0.1) is 0 Å². The molecular formula is C17H21N5O5. The zero-order valence-electron chi connectivity index (χ0n) is 15.3. The molecule has 0 fully saturated rings. The Kier molecular flexibility index (Phi) is 7.44. The summed E-state index contributed by atoms with van der Waals surface area (Å²) < 4.78 is 5.20. The number of hydrogen-bond donors (Lipinski definition) is 2. The Bertz CT molecular complexity index is 792. The average Bonchev–Trinajstić information content (AvgIpc) is 2.57. The molecule has 0 aliphatic heterocycles. The highest BCUT2D eigenvalue weighted by molar-refractivity contribution is 6.07. The van der Waals surface area contributed by atoms with Crippen molar-refractivity contribution in [2.24, 2.45) is 5.73 Å². The maximum atomic E-state index is 12.3. The topological polar surface area (TPSA) is 152 Å². The molecule has 3 N–H and O–H groups in total. The standard InChI is InChI=1S/C17H21N5O5/c1-17(2,3)27-16(24)21(9-8-18)11-12(10-19)15(23)20-13-6-4-5-7-14(13)22(25)26/h4-7,11H,8-9,18H2,1-3H3,(H,20,23)/b12-11-. The third-order valence-corrected chi connectivity index (χ3v) is 3.00. The molecule has 2 amide bonds. The van der Waals surface area contributed by atoms with Crippen LogP contribution in [0.15, 0.2) is 36.0 Å². The van der Waals surface area contributed by atoms with Crippen molar-refractivity contribution >= 4 is 23.4 Å². The van der Waals surface area contributed by atoms with E-state index in [2.05, 4.69) is 5.32 Å². The third-order valence-electron chi connectivity index (χ3n) is 3.00. The molecule has 0 unspecified atom stereocenters. The monoisotopic (exact) mass is 375 g/mol. The first-order valence-corrected chi connectivity index (χ1v) is 7.95. The summed E-state index contributed by atoms with van der Waals surface area (Å²) in [5.41, 5.74) is 3.85. The van der Waals surface area contributed by atoms with Crippen LogP contribution in [-0.4, -0.2) is 40.5 Å². The van der Waals surface area contributed by atoms with Crippen LogP contribution in [0.25, 0.3) is 0 Å². The van der Waals surface area contributed by atoms with E-state index in [9.17, 15) is 25.0 Å². The maximum Gasteiger partial charge on any atom is 0.414 e. The van der Waals surface area contributed by atoms with Gasteiger partial charge in [0.1, 0.15) is 22.9 Å². The van der Waals surface area contributed by atoms with Crippen molar-refractivity contribution in [1.29, 1.82) is 5.26 Å². The minimum absolute atomic E-state index is 0.0128. The second-order valence-corrected chi connectivity index (χ2v) is 6.35. The van der Waals surface area contributed by atoms with Crippen LogP contribution in [0.1, 0.15) is 20.8 Å². The minimum atomic E-state index is -0.905. The highest BCUT2D eigenvalue weighted by Gasteiger charge is 2.23. The van der Waals surface area contributed by atoms with Crippen LogP contribution < -0.4 is 11.1 Å². The molecule has 0 aliphatic carbocycles. The number of carbonyl (C=O) groups is 2. The van der Waals surface area contributed by atoms with Crippen molar-refractivity contribution in [3.63, 3.8) is 0 Å². The molecule has 10 heteroatoms. The smallest absolute Gasteiger partial charge is 0.414 e. The van der Waals surface area contributed by atoms with Gasteiger partial charge in [0.15, 0.2) is 0 Å². The number of anilines is 1. The number of nitrogens with two attached hydrogens (primary N) is 1. The van der Waals surface area contributed by atoms with Crippen LogP contribution >= 0.6 is 0 Å². The van der Waals surface area contributed by atoms with Crippen molar-refractivity contribution < 1.29 is 19.2 Å². The highest BCUT2D eigenvalue weighted by atomic mass is 16.6.